The van der Waals surface area contributed by atoms with E-state index in [9.17, 15) is 10.1 Å². The van der Waals surface area contributed by atoms with Gasteiger partial charge in [-0.15, -0.1) is 0 Å². The van der Waals surface area contributed by atoms with Gasteiger partial charge in [0.25, 0.3) is 0 Å². The highest BCUT2D eigenvalue weighted by molar-refractivity contribution is 5.57. The maximum absolute atomic E-state index is 11.0. The van der Waals surface area contributed by atoms with Gasteiger partial charge in [0.2, 0.25) is 0 Å². The Morgan fingerprint density at radius 2 is 1.95 bits per heavy atom. The summed E-state index contributed by atoms with van der Waals surface area (Å²) in [7, 11) is 0. The number of rotatable bonds is 5. The molecule has 0 aliphatic carbocycles. The van der Waals surface area contributed by atoms with Gasteiger partial charge in [-0.2, -0.15) is 0 Å². The molecule has 0 aromatic heterocycles. The Bertz CT molecular complexity index is 594. The Morgan fingerprint density at radius 3 is 2.58 bits per heavy atom. The number of ether oxygens (including phenoxy) is 1. The number of hydrogen-bond acceptors (Lipinski definition) is 3. The second-order valence-electron chi connectivity index (χ2n) is 3.96. The van der Waals surface area contributed by atoms with E-state index in [1.165, 1.54) is 6.07 Å². The van der Waals surface area contributed by atoms with Crippen LogP contribution in [0.5, 0.6) is 5.75 Å². The van der Waals surface area contributed by atoms with Gasteiger partial charge in [0.05, 0.1) is 4.92 Å². The lowest BCUT2D eigenvalue weighted by molar-refractivity contribution is -0.386. The van der Waals surface area contributed by atoms with Crippen molar-refractivity contribution in [1.82, 2.24) is 0 Å². The van der Waals surface area contributed by atoms with Crippen molar-refractivity contribution in [3.63, 3.8) is 0 Å². The van der Waals surface area contributed by atoms with Crippen LogP contribution in [0.2, 0.25) is 0 Å². The Labute approximate surface area is 111 Å². The Morgan fingerprint density at radius 1 is 1.21 bits per heavy atom. The van der Waals surface area contributed by atoms with Crippen molar-refractivity contribution < 1.29 is 9.66 Å². The van der Waals surface area contributed by atoms with Crippen LogP contribution < -0.4 is 4.74 Å². The summed E-state index contributed by atoms with van der Waals surface area (Å²) in [5, 5.41) is 11.0. The largest absolute Gasteiger partial charge is 0.482 e. The smallest absolute Gasteiger partial charge is 0.311 e. The summed E-state index contributed by atoms with van der Waals surface area (Å²) in [4.78, 5) is 10.5. The van der Waals surface area contributed by atoms with Crippen molar-refractivity contribution in [3.05, 3.63) is 76.4 Å². The molecule has 2 rings (SSSR count). The van der Waals surface area contributed by atoms with E-state index < -0.39 is 4.92 Å². The first kappa shape index (κ1) is 12.8. The molecule has 0 aliphatic heterocycles. The van der Waals surface area contributed by atoms with Crippen molar-refractivity contribution in [1.29, 1.82) is 0 Å². The summed E-state index contributed by atoms with van der Waals surface area (Å²) in [6.45, 7) is 3.89. The van der Waals surface area contributed by atoms with Gasteiger partial charge in [0.1, 0.15) is 6.61 Å². The molecule has 0 saturated carbocycles. The molecule has 0 bridgehead atoms. The zero-order valence-corrected chi connectivity index (χ0v) is 10.3. The summed E-state index contributed by atoms with van der Waals surface area (Å²) in [5.41, 5.74) is 1.61. The van der Waals surface area contributed by atoms with Crippen LogP contribution >= 0.6 is 0 Å². The topological polar surface area (TPSA) is 52.4 Å². The van der Waals surface area contributed by atoms with E-state index in [0.717, 1.165) is 5.56 Å². The molecule has 0 radical (unpaired) electrons. The number of nitrogens with zero attached hydrogens (tertiary/aromatic N) is 1. The normalized spacial score (nSPS) is 9.89. The highest BCUT2D eigenvalue weighted by Gasteiger charge is 2.15. The Hall–Kier alpha value is -2.62. The molecule has 0 saturated heterocycles. The fraction of sp³-hybridized carbons (Fsp3) is 0.0667. The van der Waals surface area contributed by atoms with Gasteiger partial charge in [-0.3, -0.25) is 10.1 Å². The molecule has 96 valence electrons. The first-order valence-corrected chi connectivity index (χ1v) is 5.78. The van der Waals surface area contributed by atoms with Crippen LogP contribution in [0, 0.1) is 10.1 Å². The summed E-state index contributed by atoms with van der Waals surface area (Å²) >= 11 is 0. The second-order valence-corrected chi connectivity index (χ2v) is 3.96. The molecule has 0 unspecified atom stereocenters. The first-order chi connectivity index (χ1) is 9.20. The van der Waals surface area contributed by atoms with Crippen LogP contribution in [-0.2, 0) is 6.61 Å². The molecule has 0 amide bonds. The minimum Gasteiger partial charge on any atom is -0.482 e. The third-order valence-corrected chi connectivity index (χ3v) is 2.65. The molecule has 19 heavy (non-hydrogen) atoms. The Balaban J connectivity index is 2.20. The van der Waals surface area contributed by atoms with Crippen LogP contribution in [0.25, 0.3) is 6.08 Å². The first-order valence-electron chi connectivity index (χ1n) is 5.78. The summed E-state index contributed by atoms with van der Waals surface area (Å²) in [5.74, 6) is 0.263. The highest BCUT2D eigenvalue weighted by atomic mass is 16.6. The van der Waals surface area contributed by atoms with E-state index in [2.05, 4.69) is 6.58 Å². The lowest BCUT2D eigenvalue weighted by Crippen LogP contribution is -1.99. The lowest BCUT2D eigenvalue weighted by Gasteiger charge is -2.07. The lowest BCUT2D eigenvalue weighted by atomic mass is 10.2. The van der Waals surface area contributed by atoms with Gasteiger partial charge >= 0.3 is 5.69 Å². The molecule has 0 fully saturated rings. The van der Waals surface area contributed by atoms with Gasteiger partial charge < -0.3 is 4.74 Å². The van der Waals surface area contributed by atoms with Crippen molar-refractivity contribution >= 4 is 11.8 Å². The molecule has 2 aromatic carbocycles. The van der Waals surface area contributed by atoms with Crippen LogP contribution in [0.3, 0.4) is 0 Å². The van der Waals surface area contributed by atoms with Crippen LogP contribution in [-0.4, -0.2) is 4.92 Å². The van der Waals surface area contributed by atoms with Gasteiger partial charge in [0.15, 0.2) is 5.75 Å². The van der Waals surface area contributed by atoms with Gasteiger partial charge in [-0.25, -0.2) is 0 Å². The average Bonchev–Trinajstić information content (AvgIpc) is 2.46. The standard InChI is InChI=1S/C15H13NO3/c1-2-12-8-9-15(14(10-12)16(17)18)19-11-13-6-4-3-5-7-13/h2-10H,1,11H2. The summed E-state index contributed by atoms with van der Waals surface area (Å²) < 4.78 is 5.51. The molecule has 0 aliphatic rings. The molecule has 0 atom stereocenters. The molecule has 0 N–H and O–H groups in total. The van der Waals surface area contributed by atoms with Gasteiger partial charge in [0, 0.05) is 6.07 Å². The summed E-state index contributed by atoms with van der Waals surface area (Å²) in [6.07, 6.45) is 1.56. The maximum Gasteiger partial charge on any atom is 0.311 e. The predicted molar refractivity (Wildman–Crippen MR) is 74.0 cm³/mol. The van der Waals surface area contributed by atoms with Crippen molar-refractivity contribution in [2.45, 2.75) is 6.61 Å². The third-order valence-electron chi connectivity index (χ3n) is 2.65. The van der Waals surface area contributed by atoms with Crippen LogP contribution in [0.15, 0.2) is 55.1 Å². The van der Waals surface area contributed by atoms with Gasteiger partial charge in [-0.1, -0.05) is 49.1 Å². The fourth-order valence-corrected chi connectivity index (χ4v) is 1.66. The number of nitro benzene ring substituents is 1. The van der Waals surface area contributed by atoms with E-state index in [4.69, 9.17) is 4.74 Å². The molecular weight excluding hydrogens is 242 g/mol. The number of nitro groups is 1. The van der Waals surface area contributed by atoms with Crippen LogP contribution in [0.1, 0.15) is 11.1 Å². The number of hydrogen-bond donors (Lipinski definition) is 0. The van der Waals surface area contributed by atoms with E-state index in [1.807, 2.05) is 30.3 Å². The van der Waals surface area contributed by atoms with E-state index >= 15 is 0 Å². The zero-order valence-electron chi connectivity index (χ0n) is 10.3. The minimum atomic E-state index is -0.451. The maximum atomic E-state index is 11.0. The average molecular weight is 255 g/mol. The molecule has 2 aromatic rings. The minimum absolute atomic E-state index is 0.0478. The van der Waals surface area contributed by atoms with E-state index in [1.54, 1.807) is 18.2 Å². The summed E-state index contributed by atoms with van der Waals surface area (Å²) in [6, 6.07) is 14.3. The van der Waals surface area contributed by atoms with E-state index in [0.29, 0.717) is 12.2 Å². The van der Waals surface area contributed by atoms with Crippen molar-refractivity contribution in [2.24, 2.45) is 0 Å². The third kappa shape index (κ3) is 3.19. The monoisotopic (exact) mass is 255 g/mol. The van der Waals surface area contributed by atoms with Crippen molar-refractivity contribution in [3.8, 4) is 5.75 Å². The van der Waals surface area contributed by atoms with Gasteiger partial charge in [-0.05, 0) is 17.2 Å². The van der Waals surface area contributed by atoms with Crippen molar-refractivity contribution in [2.75, 3.05) is 0 Å². The molecular formula is C15H13NO3. The fourth-order valence-electron chi connectivity index (χ4n) is 1.66. The SMILES string of the molecule is C=Cc1ccc(OCc2ccccc2)c([N+](=O)[O-])c1. The quantitative estimate of drug-likeness (QED) is 0.603. The number of benzene rings is 2. The predicted octanol–water partition coefficient (Wildman–Crippen LogP) is 3.82. The van der Waals surface area contributed by atoms with E-state index in [-0.39, 0.29) is 11.4 Å². The highest BCUT2D eigenvalue weighted by Crippen LogP contribution is 2.29. The zero-order chi connectivity index (χ0) is 13.7. The Kier molecular flexibility index (Phi) is 3.93. The molecule has 4 nitrogen and oxygen atoms in total. The second kappa shape index (κ2) is 5.82. The van der Waals surface area contributed by atoms with Crippen LogP contribution in [0.4, 0.5) is 5.69 Å². The molecule has 0 heterocycles. The molecule has 0 spiro atoms. The molecule has 4 heteroatoms.